The Bertz CT molecular complexity index is 523. The second-order valence-electron chi connectivity index (χ2n) is 5.34. The van der Waals surface area contributed by atoms with Gasteiger partial charge in [-0.25, -0.2) is 4.79 Å². The Morgan fingerprint density at radius 3 is 2.43 bits per heavy atom. The summed E-state index contributed by atoms with van der Waals surface area (Å²) in [5.41, 5.74) is 1.23. The summed E-state index contributed by atoms with van der Waals surface area (Å²) in [5.74, 6) is 1.68. The molecule has 2 rings (SSSR count). The number of benzene rings is 1. The van der Waals surface area contributed by atoms with Crippen molar-refractivity contribution in [3.8, 4) is 0 Å². The molecule has 0 atom stereocenters. The van der Waals surface area contributed by atoms with Gasteiger partial charge in [0.2, 0.25) is 0 Å². The van der Waals surface area contributed by atoms with Crippen LogP contribution in [0.1, 0.15) is 50.5 Å². The van der Waals surface area contributed by atoms with Gasteiger partial charge in [-0.05, 0) is 49.8 Å². The molecular formula is C17H19ClO3. The highest BCUT2D eigenvalue weighted by Crippen LogP contribution is 2.23. The van der Waals surface area contributed by atoms with Crippen molar-refractivity contribution >= 4 is 29.1 Å². The van der Waals surface area contributed by atoms with Gasteiger partial charge in [0.15, 0.2) is 0 Å². The predicted octanol–water partition coefficient (Wildman–Crippen LogP) is 4.21. The van der Waals surface area contributed by atoms with E-state index in [1.807, 2.05) is 5.94 Å². The van der Waals surface area contributed by atoms with Gasteiger partial charge in [0.25, 0.3) is 0 Å². The van der Waals surface area contributed by atoms with Crippen LogP contribution in [0.2, 0.25) is 5.02 Å². The van der Waals surface area contributed by atoms with Gasteiger partial charge >= 0.3 is 5.97 Å². The minimum atomic E-state index is -0.233. The summed E-state index contributed by atoms with van der Waals surface area (Å²) in [5, 5.41) is 0.612. The van der Waals surface area contributed by atoms with E-state index in [9.17, 15) is 9.59 Å². The Balaban J connectivity index is 1.84. The van der Waals surface area contributed by atoms with E-state index in [4.69, 9.17) is 16.3 Å². The molecule has 1 aliphatic rings. The molecule has 0 unspecified atom stereocenters. The summed E-state index contributed by atoms with van der Waals surface area (Å²) >= 11 is 5.81. The van der Waals surface area contributed by atoms with Crippen LogP contribution < -0.4 is 0 Å². The molecule has 21 heavy (non-hydrogen) atoms. The van der Waals surface area contributed by atoms with Crippen molar-refractivity contribution in [2.75, 3.05) is 0 Å². The molecule has 1 aromatic rings. The SMILES string of the molecule is O=C=C(CCC(=O)OC1CCCCC1)c1ccc(Cl)cc1. The van der Waals surface area contributed by atoms with Gasteiger partial charge in [-0.3, -0.25) is 4.79 Å². The van der Waals surface area contributed by atoms with Gasteiger partial charge in [-0.15, -0.1) is 0 Å². The van der Waals surface area contributed by atoms with Crippen LogP contribution in [0.4, 0.5) is 0 Å². The summed E-state index contributed by atoms with van der Waals surface area (Å²) in [6.45, 7) is 0. The normalized spacial score (nSPS) is 15.3. The quantitative estimate of drug-likeness (QED) is 0.604. The zero-order chi connectivity index (χ0) is 15.1. The first-order chi connectivity index (χ1) is 10.2. The lowest BCUT2D eigenvalue weighted by molar-refractivity contribution is -0.150. The number of carbonyl (C=O) groups excluding carboxylic acids is 2. The predicted molar refractivity (Wildman–Crippen MR) is 82.8 cm³/mol. The molecule has 0 amide bonds. The molecule has 4 heteroatoms. The number of rotatable bonds is 5. The summed E-state index contributed by atoms with van der Waals surface area (Å²) < 4.78 is 5.44. The molecule has 0 N–H and O–H groups in total. The Kier molecular flexibility index (Phi) is 6.04. The number of allylic oxidation sites excluding steroid dienone is 1. The topological polar surface area (TPSA) is 43.4 Å². The highest BCUT2D eigenvalue weighted by atomic mass is 35.5. The van der Waals surface area contributed by atoms with Crippen molar-refractivity contribution in [1.82, 2.24) is 0 Å². The van der Waals surface area contributed by atoms with Crippen molar-refractivity contribution in [1.29, 1.82) is 0 Å². The van der Waals surface area contributed by atoms with Crippen LogP contribution in [0.5, 0.6) is 0 Å². The average Bonchev–Trinajstić information content (AvgIpc) is 2.50. The third-order valence-electron chi connectivity index (χ3n) is 3.75. The molecule has 0 aromatic heterocycles. The first-order valence-corrected chi connectivity index (χ1v) is 7.76. The minimum Gasteiger partial charge on any atom is -0.462 e. The zero-order valence-corrected chi connectivity index (χ0v) is 12.7. The van der Waals surface area contributed by atoms with E-state index >= 15 is 0 Å². The minimum absolute atomic E-state index is 0.0606. The fraction of sp³-hybridized carbons (Fsp3) is 0.471. The highest BCUT2D eigenvalue weighted by molar-refractivity contribution is 6.30. The summed E-state index contributed by atoms with van der Waals surface area (Å²) in [4.78, 5) is 22.9. The van der Waals surface area contributed by atoms with Crippen molar-refractivity contribution in [2.45, 2.75) is 51.0 Å². The highest BCUT2D eigenvalue weighted by Gasteiger charge is 2.18. The second-order valence-corrected chi connectivity index (χ2v) is 5.77. The average molecular weight is 307 g/mol. The Morgan fingerprint density at radius 1 is 1.14 bits per heavy atom. The monoisotopic (exact) mass is 306 g/mol. The molecule has 0 spiro atoms. The van der Waals surface area contributed by atoms with Crippen LogP contribution in [0.3, 0.4) is 0 Å². The van der Waals surface area contributed by atoms with Gasteiger partial charge in [-0.2, -0.15) is 0 Å². The van der Waals surface area contributed by atoms with E-state index in [0.717, 1.165) is 31.2 Å². The lowest BCUT2D eigenvalue weighted by Gasteiger charge is -2.21. The van der Waals surface area contributed by atoms with Crippen LogP contribution in [0.15, 0.2) is 24.3 Å². The summed E-state index contributed by atoms with van der Waals surface area (Å²) in [6.07, 6.45) is 6.01. The molecule has 1 aliphatic carbocycles. The van der Waals surface area contributed by atoms with E-state index in [2.05, 4.69) is 0 Å². The molecule has 1 saturated carbocycles. The van der Waals surface area contributed by atoms with Gasteiger partial charge in [-0.1, -0.05) is 30.2 Å². The maximum Gasteiger partial charge on any atom is 0.306 e. The number of halogens is 1. The first-order valence-electron chi connectivity index (χ1n) is 7.38. The number of hydrogen-bond acceptors (Lipinski definition) is 3. The van der Waals surface area contributed by atoms with Crippen LogP contribution in [-0.2, 0) is 14.3 Å². The van der Waals surface area contributed by atoms with Gasteiger partial charge in [0, 0.05) is 10.6 Å². The van der Waals surface area contributed by atoms with Gasteiger partial charge < -0.3 is 4.74 Å². The molecule has 0 aliphatic heterocycles. The third kappa shape index (κ3) is 5.04. The van der Waals surface area contributed by atoms with E-state index in [1.165, 1.54) is 6.42 Å². The lowest BCUT2D eigenvalue weighted by atomic mass is 9.98. The lowest BCUT2D eigenvalue weighted by Crippen LogP contribution is -2.20. The molecular weight excluding hydrogens is 288 g/mol. The van der Waals surface area contributed by atoms with Crippen molar-refractivity contribution in [3.05, 3.63) is 34.9 Å². The second kappa shape index (κ2) is 8.02. The van der Waals surface area contributed by atoms with Crippen molar-refractivity contribution in [3.63, 3.8) is 0 Å². The van der Waals surface area contributed by atoms with Crippen LogP contribution >= 0.6 is 11.6 Å². The zero-order valence-electron chi connectivity index (χ0n) is 11.9. The van der Waals surface area contributed by atoms with E-state index in [0.29, 0.717) is 17.0 Å². The molecule has 1 aromatic carbocycles. The number of ether oxygens (including phenoxy) is 1. The number of carbonyl (C=O) groups is 1. The smallest absolute Gasteiger partial charge is 0.306 e. The molecule has 1 fully saturated rings. The van der Waals surface area contributed by atoms with Crippen LogP contribution in [-0.4, -0.2) is 18.0 Å². The molecule has 3 nitrogen and oxygen atoms in total. The standard InChI is InChI=1S/C17H19ClO3/c18-15-9-6-13(7-10-15)14(12-19)8-11-17(20)21-16-4-2-1-3-5-16/h6-7,9-10,16H,1-5,8,11H2. The van der Waals surface area contributed by atoms with E-state index in [-0.39, 0.29) is 18.5 Å². The molecule has 0 bridgehead atoms. The Hall–Kier alpha value is -1.57. The van der Waals surface area contributed by atoms with Gasteiger partial charge in [0.1, 0.15) is 12.0 Å². The Morgan fingerprint density at radius 2 is 1.81 bits per heavy atom. The van der Waals surface area contributed by atoms with Crippen molar-refractivity contribution in [2.24, 2.45) is 0 Å². The Labute approximate surface area is 129 Å². The van der Waals surface area contributed by atoms with Crippen LogP contribution in [0.25, 0.3) is 5.57 Å². The molecule has 112 valence electrons. The summed E-state index contributed by atoms with van der Waals surface area (Å²) in [6, 6.07) is 6.95. The van der Waals surface area contributed by atoms with E-state index in [1.54, 1.807) is 24.3 Å². The van der Waals surface area contributed by atoms with Crippen LogP contribution in [0, 0.1) is 0 Å². The maximum atomic E-state index is 11.8. The maximum absolute atomic E-state index is 11.8. The number of hydrogen-bond donors (Lipinski definition) is 0. The van der Waals surface area contributed by atoms with Crippen molar-refractivity contribution < 1.29 is 14.3 Å². The number of esters is 1. The fourth-order valence-electron chi connectivity index (χ4n) is 2.56. The van der Waals surface area contributed by atoms with Gasteiger partial charge in [0.05, 0.1) is 6.42 Å². The third-order valence-corrected chi connectivity index (χ3v) is 4.00. The summed E-state index contributed by atoms with van der Waals surface area (Å²) in [7, 11) is 0. The molecule has 0 radical (unpaired) electrons. The molecule has 0 saturated heterocycles. The largest absolute Gasteiger partial charge is 0.462 e. The fourth-order valence-corrected chi connectivity index (χ4v) is 2.69. The molecule has 0 heterocycles. The van der Waals surface area contributed by atoms with E-state index < -0.39 is 0 Å². The first kappa shape index (κ1) is 15.8.